The normalized spacial score (nSPS) is 12.5. The van der Waals surface area contributed by atoms with Crippen molar-refractivity contribution in [2.75, 3.05) is 6.61 Å². The topological polar surface area (TPSA) is 29.5 Å². The molecule has 0 unspecified atom stereocenters. The highest BCUT2D eigenvalue weighted by Crippen LogP contribution is 2.51. The van der Waals surface area contributed by atoms with Gasteiger partial charge in [-0.05, 0) is 60.7 Å². The number of nitrogens with zero attached hydrogens (tertiary/aromatic N) is 1. The summed E-state index contributed by atoms with van der Waals surface area (Å²) in [6, 6.07) is 19.0. The number of carbonyl (C=O) groups excluding carboxylic acids is 1. The van der Waals surface area contributed by atoms with Gasteiger partial charge in [-0.25, -0.2) is 4.79 Å². The van der Waals surface area contributed by atoms with Gasteiger partial charge in [0.2, 0.25) is 0 Å². The molecule has 2 aromatic rings. The minimum Gasteiger partial charge on any atom is -0.449 e. The Kier molecular flexibility index (Phi) is 10.3. The van der Waals surface area contributed by atoms with Crippen LogP contribution in [0.1, 0.15) is 73.4 Å². The SMILES string of the molecule is CC(C)[Si](Sc1ccc(CCOC(=O)N(Cc2ccccc2)C(C)(C)C)cc1)(C(C)C)C(C)C. The van der Waals surface area contributed by atoms with Crippen LogP contribution in [0, 0.1) is 0 Å². The highest BCUT2D eigenvalue weighted by molar-refractivity contribution is 8.29. The van der Waals surface area contributed by atoms with Crippen LogP contribution in [-0.4, -0.2) is 30.4 Å². The Morgan fingerprint density at radius 3 is 1.85 bits per heavy atom. The summed E-state index contributed by atoms with van der Waals surface area (Å²) in [6.07, 6.45) is 0.464. The molecular formula is C29H45NO2SSi. The second kappa shape index (κ2) is 12.3. The average molecular weight is 500 g/mol. The molecule has 5 heteroatoms. The summed E-state index contributed by atoms with van der Waals surface area (Å²) in [6.45, 7) is 21.5. The van der Waals surface area contributed by atoms with Gasteiger partial charge in [-0.15, -0.1) is 0 Å². The predicted octanol–water partition coefficient (Wildman–Crippen LogP) is 8.93. The fraction of sp³-hybridized carbons (Fsp3) is 0.552. The van der Waals surface area contributed by atoms with Crippen molar-refractivity contribution in [2.45, 2.75) is 102 Å². The van der Waals surface area contributed by atoms with E-state index >= 15 is 0 Å². The lowest BCUT2D eigenvalue weighted by Gasteiger charge is -2.42. The third kappa shape index (κ3) is 7.39. The third-order valence-corrected chi connectivity index (χ3v) is 19.0. The van der Waals surface area contributed by atoms with Gasteiger partial charge in [-0.2, -0.15) is 11.2 Å². The first-order valence-electron chi connectivity index (χ1n) is 12.6. The summed E-state index contributed by atoms with van der Waals surface area (Å²) in [4.78, 5) is 16.1. The highest BCUT2D eigenvalue weighted by atomic mass is 32.4. The summed E-state index contributed by atoms with van der Waals surface area (Å²) in [5, 5.41) is 0. The van der Waals surface area contributed by atoms with E-state index in [9.17, 15) is 4.79 Å². The smallest absolute Gasteiger partial charge is 0.410 e. The zero-order valence-electron chi connectivity index (χ0n) is 22.7. The van der Waals surface area contributed by atoms with Gasteiger partial charge in [0, 0.05) is 23.4 Å². The largest absolute Gasteiger partial charge is 0.449 e. The maximum atomic E-state index is 12.9. The lowest BCUT2D eigenvalue weighted by molar-refractivity contribution is 0.0644. The van der Waals surface area contributed by atoms with Crippen molar-refractivity contribution < 1.29 is 9.53 Å². The zero-order valence-corrected chi connectivity index (χ0v) is 24.5. The standard InChI is InChI=1S/C29H45NO2SSi/c1-22(2)34(23(3)4,24(5)6)33-27-17-15-25(16-18-27)19-20-32-28(31)30(29(7,8)9)21-26-13-11-10-12-14-26/h10-18,22-24H,19-21H2,1-9H3. The van der Waals surface area contributed by atoms with Crippen LogP contribution in [0.2, 0.25) is 16.6 Å². The van der Waals surface area contributed by atoms with Gasteiger partial charge in [0.1, 0.15) is 7.22 Å². The second-order valence-corrected chi connectivity index (χ2v) is 19.8. The van der Waals surface area contributed by atoms with Crippen LogP contribution >= 0.6 is 11.2 Å². The van der Waals surface area contributed by atoms with E-state index in [1.54, 1.807) is 4.90 Å². The van der Waals surface area contributed by atoms with Crippen molar-refractivity contribution in [3.8, 4) is 0 Å². The van der Waals surface area contributed by atoms with Gasteiger partial charge in [-0.3, -0.25) is 4.90 Å². The summed E-state index contributed by atoms with van der Waals surface area (Å²) in [5.41, 5.74) is 4.15. The van der Waals surface area contributed by atoms with E-state index in [4.69, 9.17) is 4.74 Å². The molecule has 3 nitrogen and oxygen atoms in total. The van der Waals surface area contributed by atoms with E-state index in [0.29, 0.717) is 13.2 Å². The summed E-state index contributed by atoms with van der Waals surface area (Å²) < 4.78 is 5.70. The number of hydrogen-bond acceptors (Lipinski definition) is 3. The number of hydrogen-bond donors (Lipinski definition) is 0. The van der Waals surface area contributed by atoms with Gasteiger partial charge in [-0.1, -0.05) is 84.0 Å². The molecule has 0 radical (unpaired) electrons. The van der Waals surface area contributed by atoms with Crippen LogP contribution in [0.25, 0.3) is 0 Å². The molecule has 0 aliphatic rings. The molecule has 0 spiro atoms. The maximum Gasteiger partial charge on any atom is 0.410 e. The molecular weight excluding hydrogens is 454 g/mol. The van der Waals surface area contributed by atoms with Crippen LogP contribution in [0.5, 0.6) is 0 Å². The molecule has 2 aromatic carbocycles. The van der Waals surface area contributed by atoms with Crippen LogP contribution in [0.3, 0.4) is 0 Å². The Balaban J connectivity index is 1.99. The van der Waals surface area contributed by atoms with Crippen molar-refractivity contribution in [3.63, 3.8) is 0 Å². The Morgan fingerprint density at radius 2 is 1.38 bits per heavy atom. The minimum absolute atomic E-state index is 0.259. The summed E-state index contributed by atoms with van der Waals surface area (Å²) in [7, 11) is -1.55. The first-order valence-corrected chi connectivity index (χ1v) is 16.4. The van der Waals surface area contributed by atoms with Gasteiger partial charge in [0.05, 0.1) is 6.61 Å². The van der Waals surface area contributed by atoms with Gasteiger partial charge in [0.15, 0.2) is 0 Å². The molecule has 0 aromatic heterocycles. The number of ether oxygens (including phenoxy) is 1. The van der Waals surface area contributed by atoms with E-state index in [1.165, 1.54) is 10.5 Å². The number of benzene rings is 2. The molecule has 0 atom stereocenters. The highest BCUT2D eigenvalue weighted by Gasteiger charge is 2.44. The molecule has 0 aliphatic heterocycles. The second-order valence-electron chi connectivity index (χ2n) is 11.2. The van der Waals surface area contributed by atoms with Crippen LogP contribution < -0.4 is 0 Å². The third-order valence-electron chi connectivity index (χ3n) is 6.76. The Bertz CT molecular complexity index is 867. The molecule has 0 saturated carbocycles. The zero-order chi connectivity index (χ0) is 25.5. The van der Waals surface area contributed by atoms with Crippen molar-refractivity contribution in [1.82, 2.24) is 4.90 Å². The van der Waals surface area contributed by atoms with Crippen molar-refractivity contribution in [2.24, 2.45) is 0 Å². The minimum atomic E-state index is -1.55. The molecule has 0 heterocycles. The van der Waals surface area contributed by atoms with Crippen molar-refractivity contribution >= 4 is 24.5 Å². The first kappa shape index (κ1) is 28.5. The number of rotatable bonds is 10. The monoisotopic (exact) mass is 499 g/mol. The van der Waals surface area contributed by atoms with Gasteiger partial charge in [0.25, 0.3) is 0 Å². The fourth-order valence-corrected chi connectivity index (χ4v) is 14.1. The predicted molar refractivity (Wildman–Crippen MR) is 150 cm³/mol. The lowest BCUT2D eigenvalue weighted by atomic mass is 10.1. The van der Waals surface area contributed by atoms with Crippen LogP contribution in [0.4, 0.5) is 4.79 Å². The van der Waals surface area contributed by atoms with Gasteiger partial charge < -0.3 is 4.74 Å². The first-order chi connectivity index (χ1) is 15.9. The fourth-order valence-electron chi connectivity index (χ4n) is 4.96. The van der Waals surface area contributed by atoms with E-state index < -0.39 is 7.22 Å². The molecule has 34 heavy (non-hydrogen) atoms. The van der Waals surface area contributed by atoms with E-state index in [0.717, 1.165) is 28.6 Å². The summed E-state index contributed by atoms with van der Waals surface area (Å²) in [5.74, 6) is 0. The summed E-state index contributed by atoms with van der Waals surface area (Å²) >= 11 is 2.15. The molecule has 0 fully saturated rings. The molecule has 0 bridgehead atoms. The Labute approximate surface area is 213 Å². The molecule has 188 valence electrons. The van der Waals surface area contributed by atoms with Crippen LogP contribution in [0.15, 0.2) is 59.5 Å². The van der Waals surface area contributed by atoms with Crippen molar-refractivity contribution in [1.29, 1.82) is 0 Å². The van der Waals surface area contributed by atoms with Crippen molar-refractivity contribution in [3.05, 3.63) is 65.7 Å². The lowest BCUT2D eigenvalue weighted by Crippen LogP contribution is -2.45. The maximum absolute atomic E-state index is 12.9. The average Bonchev–Trinajstić information content (AvgIpc) is 2.76. The van der Waals surface area contributed by atoms with Crippen LogP contribution in [-0.2, 0) is 17.7 Å². The van der Waals surface area contributed by atoms with E-state index in [-0.39, 0.29) is 11.6 Å². The molecule has 0 aliphatic carbocycles. The Morgan fingerprint density at radius 1 is 0.853 bits per heavy atom. The molecule has 0 saturated heterocycles. The van der Waals surface area contributed by atoms with E-state index in [2.05, 4.69) is 77.0 Å². The number of carbonyl (C=O) groups is 1. The molecule has 0 N–H and O–H groups in total. The quantitative estimate of drug-likeness (QED) is 0.306. The number of amides is 1. The van der Waals surface area contributed by atoms with Gasteiger partial charge >= 0.3 is 6.09 Å². The Hall–Kier alpha value is -1.72. The van der Waals surface area contributed by atoms with E-state index in [1.807, 2.05) is 51.1 Å². The molecule has 1 amide bonds. The molecule has 2 rings (SSSR count).